The molecule has 13 heteroatoms. The number of hydrogen-bond donors (Lipinski definition) is 2. The predicted octanol–water partition coefficient (Wildman–Crippen LogP) is 2.49. The number of carbonyl (C=O) groups excluding carboxylic acids is 2. The third kappa shape index (κ3) is 6.86. The molecular weight excluding hydrogens is 518 g/mol. The number of methoxy groups -OCH3 is 1. The minimum Gasteiger partial charge on any atom is -0.496 e. The molecule has 36 heavy (non-hydrogen) atoms. The van der Waals surface area contributed by atoms with Crippen LogP contribution in [-0.4, -0.2) is 35.8 Å². The highest BCUT2D eigenvalue weighted by Crippen LogP contribution is 2.21. The van der Waals surface area contributed by atoms with E-state index in [1.807, 2.05) is 0 Å². The van der Waals surface area contributed by atoms with Crippen molar-refractivity contribution in [3.63, 3.8) is 0 Å². The van der Waals surface area contributed by atoms with Crippen molar-refractivity contribution in [1.29, 1.82) is 0 Å². The van der Waals surface area contributed by atoms with Crippen LogP contribution in [0.15, 0.2) is 66.7 Å². The number of rotatable bonds is 9. The maximum absolute atomic E-state index is 13.8. The summed E-state index contributed by atoms with van der Waals surface area (Å²) in [6.45, 7) is 0. The van der Waals surface area contributed by atoms with Crippen LogP contribution in [0, 0.1) is 11.6 Å². The zero-order chi connectivity index (χ0) is 26.5. The van der Waals surface area contributed by atoms with Crippen molar-refractivity contribution < 1.29 is 39.9 Å². The van der Waals surface area contributed by atoms with E-state index in [0.29, 0.717) is 0 Å². The predicted molar refractivity (Wildman–Crippen MR) is 126 cm³/mol. The van der Waals surface area contributed by atoms with Gasteiger partial charge in [0.25, 0.3) is 11.8 Å². The Bertz CT molecular complexity index is 1520. The minimum atomic E-state index is -4.36. The van der Waals surface area contributed by atoms with E-state index in [2.05, 4.69) is 0 Å². The van der Waals surface area contributed by atoms with Gasteiger partial charge in [-0.15, -0.1) is 0 Å². The van der Waals surface area contributed by atoms with E-state index in [1.165, 1.54) is 43.5 Å². The summed E-state index contributed by atoms with van der Waals surface area (Å²) in [5, 5.41) is 0. The molecule has 0 saturated carbocycles. The van der Waals surface area contributed by atoms with Gasteiger partial charge in [-0.2, -0.15) is 0 Å². The summed E-state index contributed by atoms with van der Waals surface area (Å²) in [5.74, 6) is -5.63. The van der Waals surface area contributed by atoms with Crippen LogP contribution in [0.5, 0.6) is 5.75 Å². The summed E-state index contributed by atoms with van der Waals surface area (Å²) in [4.78, 5) is 25.3. The second kappa shape index (κ2) is 10.8. The lowest BCUT2D eigenvalue weighted by molar-refractivity contribution is 0.0977. The van der Waals surface area contributed by atoms with Crippen LogP contribution in [-0.2, 0) is 31.6 Å². The lowest BCUT2D eigenvalue weighted by atomic mass is 10.1. The smallest absolute Gasteiger partial charge is 0.268 e. The maximum atomic E-state index is 13.8. The van der Waals surface area contributed by atoms with Crippen molar-refractivity contribution >= 4 is 31.9 Å². The fraction of sp³-hybridized carbons (Fsp3) is 0.130. The second-order valence-corrected chi connectivity index (χ2v) is 10.9. The topological polar surface area (TPSA) is 136 Å². The Hall–Kier alpha value is -3.84. The van der Waals surface area contributed by atoms with E-state index in [1.54, 1.807) is 9.44 Å². The van der Waals surface area contributed by atoms with Crippen LogP contribution < -0.4 is 14.2 Å². The standard InChI is InChI=1S/C23H20F2N2O7S2/c1-34-21-11-10-15(22(28)26-35(30,31)13-16-6-2-4-8-19(16)24)12-18(21)23(29)27-36(32,33)14-17-7-3-5-9-20(17)25/h2-12H,13-14H2,1H3,(H,26,28)(H,27,29). The van der Waals surface area contributed by atoms with Gasteiger partial charge < -0.3 is 4.74 Å². The number of ether oxygens (including phenoxy) is 1. The summed E-state index contributed by atoms with van der Waals surface area (Å²) >= 11 is 0. The van der Waals surface area contributed by atoms with E-state index in [9.17, 15) is 35.2 Å². The number of benzene rings is 3. The fourth-order valence-corrected chi connectivity index (χ4v) is 5.36. The lowest BCUT2D eigenvalue weighted by Crippen LogP contribution is -2.33. The Labute approximate surface area is 206 Å². The van der Waals surface area contributed by atoms with Crippen LogP contribution in [0.3, 0.4) is 0 Å². The molecule has 9 nitrogen and oxygen atoms in total. The van der Waals surface area contributed by atoms with Crippen molar-refractivity contribution in [3.8, 4) is 5.75 Å². The van der Waals surface area contributed by atoms with Crippen molar-refractivity contribution in [2.75, 3.05) is 7.11 Å². The maximum Gasteiger partial charge on any atom is 0.268 e. The number of hydrogen-bond acceptors (Lipinski definition) is 7. The van der Waals surface area contributed by atoms with E-state index in [0.717, 1.165) is 30.3 Å². The molecule has 0 aliphatic carbocycles. The summed E-state index contributed by atoms with van der Waals surface area (Å²) < 4.78 is 85.7. The Morgan fingerprint density at radius 2 is 1.22 bits per heavy atom. The minimum absolute atomic E-state index is 0.112. The molecule has 3 aromatic rings. The van der Waals surface area contributed by atoms with Crippen molar-refractivity contribution in [2.24, 2.45) is 0 Å². The van der Waals surface area contributed by atoms with Crippen LogP contribution in [0.1, 0.15) is 31.8 Å². The van der Waals surface area contributed by atoms with Crippen molar-refractivity contribution in [1.82, 2.24) is 9.44 Å². The molecule has 190 valence electrons. The third-order valence-electron chi connectivity index (χ3n) is 4.81. The molecule has 0 saturated heterocycles. The number of halogens is 2. The first-order chi connectivity index (χ1) is 16.9. The van der Waals surface area contributed by atoms with E-state index in [4.69, 9.17) is 4.74 Å². The van der Waals surface area contributed by atoms with Crippen LogP contribution in [0.4, 0.5) is 8.78 Å². The van der Waals surface area contributed by atoms with E-state index in [-0.39, 0.29) is 22.4 Å². The van der Waals surface area contributed by atoms with Gasteiger partial charge in [0.05, 0.1) is 24.2 Å². The SMILES string of the molecule is COc1ccc(C(=O)NS(=O)(=O)Cc2ccccc2F)cc1C(=O)NS(=O)(=O)Cc1ccccc1F. The molecule has 0 fully saturated rings. The average molecular weight is 539 g/mol. The Morgan fingerprint density at radius 3 is 1.69 bits per heavy atom. The van der Waals surface area contributed by atoms with Gasteiger partial charge in [-0.05, 0) is 30.3 Å². The van der Waals surface area contributed by atoms with Gasteiger partial charge in [-0.3, -0.25) is 9.59 Å². The van der Waals surface area contributed by atoms with Gasteiger partial charge >= 0.3 is 0 Å². The molecule has 0 unspecified atom stereocenters. The Kier molecular flexibility index (Phi) is 8.05. The van der Waals surface area contributed by atoms with Gasteiger partial charge in [0.15, 0.2) is 0 Å². The molecule has 0 radical (unpaired) electrons. The van der Waals surface area contributed by atoms with Crippen molar-refractivity contribution in [2.45, 2.75) is 11.5 Å². The normalized spacial score (nSPS) is 11.5. The summed E-state index contributed by atoms with van der Waals surface area (Å²) in [6.07, 6.45) is 0. The molecule has 0 bridgehead atoms. The number of amides is 2. The first-order valence-electron chi connectivity index (χ1n) is 10.2. The molecule has 0 aromatic heterocycles. The van der Waals surface area contributed by atoms with Gasteiger partial charge in [-0.1, -0.05) is 36.4 Å². The molecule has 2 amide bonds. The van der Waals surface area contributed by atoms with E-state index < -0.39 is 60.6 Å². The molecule has 0 aliphatic heterocycles. The molecule has 0 atom stereocenters. The summed E-state index contributed by atoms with van der Waals surface area (Å²) in [5.41, 5.74) is -1.04. The third-order valence-corrected chi connectivity index (χ3v) is 7.18. The monoisotopic (exact) mass is 538 g/mol. The molecule has 0 heterocycles. The van der Waals surface area contributed by atoms with Crippen LogP contribution >= 0.6 is 0 Å². The van der Waals surface area contributed by atoms with Crippen molar-refractivity contribution in [3.05, 3.63) is 101 Å². The summed E-state index contributed by atoms with van der Waals surface area (Å²) in [7, 11) is -7.49. The Morgan fingerprint density at radius 1 is 0.750 bits per heavy atom. The molecule has 3 rings (SSSR count). The largest absolute Gasteiger partial charge is 0.496 e. The van der Waals surface area contributed by atoms with Gasteiger partial charge in [-0.25, -0.2) is 35.1 Å². The lowest BCUT2D eigenvalue weighted by Gasteiger charge is -2.12. The van der Waals surface area contributed by atoms with E-state index >= 15 is 0 Å². The highest BCUT2D eigenvalue weighted by Gasteiger charge is 2.24. The molecule has 3 aromatic carbocycles. The Balaban J connectivity index is 1.80. The summed E-state index contributed by atoms with van der Waals surface area (Å²) in [6, 6.07) is 13.5. The number of carbonyl (C=O) groups is 2. The molecule has 2 N–H and O–H groups in total. The zero-order valence-corrected chi connectivity index (χ0v) is 20.3. The first-order valence-corrected chi connectivity index (χ1v) is 13.5. The highest BCUT2D eigenvalue weighted by atomic mass is 32.2. The molecule has 0 aliphatic rings. The quantitative estimate of drug-likeness (QED) is 0.427. The van der Waals surface area contributed by atoms with Gasteiger partial charge in [0, 0.05) is 16.7 Å². The molecular formula is C23H20F2N2O7S2. The molecule has 0 spiro atoms. The van der Waals surface area contributed by atoms with Crippen LogP contribution in [0.25, 0.3) is 0 Å². The zero-order valence-electron chi connectivity index (χ0n) is 18.7. The second-order valence-electron chi connectivity index (χ2n) is 7.48. The fourth-order valence-electron chi connectivity index (χ4n) is 3.14. The highest BCUT2D eigenvalue weighted by molar-refractivity contribution is 7.89. The number of sulfonamides is 2. The first kappa shape index (κ1) is 26.8. The van der Waals surface area contributed by atoms with Gasteiger partial charge in [0.1, 0.15) is 17.4 Å². The van der Waals surface area contributed by atoms with Crippen LogP contribution in [0.2, 0.25) is 0 Å². The average Bonchev–Trinajstić information content (AvgIpc) is 2.80. The number of nitrogens with one attached hydrogen (secondary N) is 2. The van der Waals surface area contributed by atoms with Gasteiger partial charge in [0.2, 0.25) is 20.0 Å².